The van der Waals surface area contributed by atoms with Gasteiger partial charge in [-0.1, -0.05) is 137 Å². The number of fused-ring (bicyclic) bond motifs is 3. The van der Waals surface area contributed by atoms with Gasteiger partial charge in [0.25, 0.3) is 17.7 Å². The van der Waals surface area contributed by atoms with Crippen molar-refractivity contribution in [2.75, 3.05) is 55.1 Å². The third-order valence-electron chi connectivity index (χ3n) is 14.6. The molecule has 3 aromatic heterocycles. The Bertz CT molecular complexity index is 4460. The molecular weight excluding hydrogens is 1400 g/mol. The van der Waals surface area contributed by atoms with Gasteiger partial charge in [-0.3, -0.25) is 33.6 Å². The number of benzene rings is 6. The number of amides is 5. The first-order valence-electron chi connectivity index (χ1n) is 30.4. The number of methoxy groups -OCH3 is 2. The number of aromatic nitrogens is 3. The standard InChI is InChI=1S/C25H29N3O4.C22H23N3O4.C20H21N3O2.C2H3ClO2.C2HF3O.CH2Cl2.3CH4/c1-24(2,3)32-23(31)27-15-25(4,5)16-10-12-17(13-11-16)28-22(30)19-14-26-20-9-7-6-8-18(20)21(19)29;1-22(2,13-24-21(28)29-3)14-8-10-15(11-9-14)25-20(27)17-12-23-18-7-5-4-6-16(18)19(17)26;1-20(2,12-21)13-7-9-14(10-8-13)23-19(25)16-11-22-17-6-4-3-5-15(17)18(16)24;1-5-2(3)4;3-2(4,5)1-6;2-1-3;;;/h6-14H,15H2,1-5H3,(H,26,29)(H,27,31)(H,28,30);4-12H,13H2,1-3H3,(H,23,26)(H,24,28)(H,25,27);3-11H,12,21H2,1-2H3,(H,22,24)(H,23,25);1H3;1H;1H2;3*1H4. The summed E-state index contributed by atoms with van der Waals surface area (Å²) in [5.74, 6) is -1.38. The molecule has 10 N–H and O–H groups in total. The van der Waals surface area contributed by atoms with Crippen molar-refractivity contribution < 1.29 is 60.9 Å². The molecule has 9 aromatic rings. The fraction of sp³-hybridized carbons (Fsp3) is 0.307. The largest absolute Gasteiger partial charge is 0.457 e. The predicted octanol–water partition coefficient (Wildman–Crippen LogP) is 16.1. The molecule has 3 heterocycles. The summed E-state index contributed by atoms with van der Waals surface area (Å²) in [7, 11) is 2.54. The summed E-state index contributed by atoms with van der Waals surface area (Å²) in [4.78, 5) is 126. The van der Waals surface area contributed by atoms with Crippen molar-refractivity contribution in [1.29, 1.82) is 0 Å². The quantitative estimate of drug-likeness (QED) is 0.0212. The lowest BCUT2D eigenvalue weighted by Crippen LogP contribution is -2.39. The van der Waals surface area contributed by atoms with Crippen LogP contribution < -0.4 is 48.6 Å². The molecule has 0 bridgehead atoms. The topological polar surface area (TPSA) is 332 Å². The number of hydrogen-bond acceptors (Lipinski definition) is 14. The summed E-state index contributed by atoms with van der Waals surface area (Å²) in [6.45, 7) is 18.9. The van der Waals surface area contributed by atoms with E-state index < -0.39 is 53.4 Å². The Morgan fingerprint density at radius 2 is 0.728 bits per heavy atom. The number of nitrogens with one attached hydrogen (secondary N) is 8. The van der Waals surface area contributed by atoms with Crippen LogP contribution in [0.5, 0.6) is 0 Å². The Hall–Kier alpha value is -10.3. The van der Waals surface area contributed by atoms with Gasteiger partial charge in [-0.05, 0) is 110 Å². The summed E-state index contributed by atoms with van der Waals surface area (Å²) in [6, 6.07) is 43.3. The van der Waals surface area contributed by atoms with E-state index >= 15 is 0 Å². The number of aromatic amines is 3. The van der Waals surface area contributed by atoms with Crippen LogP contribution in [-0.4, -0.2) is 108 Å². The number of alkyl carbamates (subject to hydrolysis) is 2. The van der Waals surface area contributed by atoms with E-state index in [1.807, 2.05) is 115 Å². The minimum absolute atomic E-state index is 0. The van der Waals surface area contributed by atoms with E-state index in [0.29, 0.717) is 69.4 Å². The van der Waals surface area contributed by atoms with E-state index in [0.717, 1.165) is 16.7 Å². The Kier molecular flexibility index (Phi) is 36.6. The number of ether oxygens (including phenoxy) is 3. The highest BCUT2D eigenvalue weighted by atomic mass is 35.5. The van der Waals surface area contributed by atoms with Gasteiger partial charge in [-0.2, -0.15) is 13.2 Å². The molecule has 0 saturated heterocycles. The number of aldehydes is 1. The van der Waals surface area contributed by atoms with Crippen molar-refractivity contribution >= 4 is 126 Å². The molecule has 22 nitrogen and oxygen atoms in total. The van der Waals surface area contributed by atoms with Gasteiger partial charge in [0.1, 0.15) is 22.3 Å². The number of nitrogens with two attached hydrogens (primary N) is 1. The van der Waals surface area contributed by atoms with Crippen LogP contribution in [0.3, 0.4) is 0 Å². The van der Waals surface area contributed by atoms with Crippen molar-refractivity contribution in [3.05, 3.63) is 228 Å². The molecule has 0 aliphatic heterocycles. The first-order valence-corrected chi connectivity index (χ1v) is 31.8. The number of anilines is 3. The predicted molar refractivity (Wildman–Crippen MR) is 407 cm³/mol. The lowest BCUT2D eigenvalue weighted by molar-refractivity contribution is -0.156. The minimum atomic E-state index is -4.64. The molecule has 0 atom stereocenters. The average Bonchev–Trinajstić information content (AvgIpc) is 0.813. The zero-order valence-electron chi connectivity index (χ0n) is 56.6. The molecule has 0 aliphatic rings. The van der Waals surface area contributed by atoms with Gasteiger partial charge in [-0.15, -0.1) is 23.2 Å². The highest BCUT2D eigenvalue weighted by Crippen LogP contribution is 2.27. The van der Waals surface area contributed by atoms with Crippen LogP contribution in [0.15, 0.2) is 179 Å². The summed E-state index contributed by atoms with van der Waals surface area (Å²) >= 11 is 14.1. The maximum atomic E-state index is 12.7. The lowest BCUT2D eigenvalue weighted by atomic mass is 9.84. The second-order valence-electron chi connectivity index (χ2n) is 24.6. The summed E-state index contributed by atoms with van der Waals surface area (Å²) < 4.78 is 45.0. The third kappa shape index (κ3) is 28.5. The molecule has 103 heavy (non-hydrogen) atoms. The monoisotopic (exact) mass is 1490 g/mol. The molecule has 28 heteroatoms. The van der Waals surface area contributed by atoms with Crippen LogP contribution >= 0.6 is 34.8 Å². The Labute approximate surface area is 611 Å². The molecule has 0 aliphatic carbocycles. The SMILES string of the molecule is C.C.C.CC(C)(C)OC(=O)NCC(C)(C)c1ccc(NC(=O)c2c[nH]c3ccccc3c2=O)cc1.CC(C)(CN)c1ccc(NC(=O)c2c[nH]c3ccccc3c2=O)cc1.COC(=O)Cl.COC(=O)NCC(C)(C)c1ccc(NC(=O)c2c[nH]c3ccccc3c2=O)cc1.ClCCl.O=CC(F)(F)F. The van der Waals surface area contributed by atoms with Crippen molar-refractivity contribution in [3.63, 3.8) is 0 Å². The highest BCUT2D eigenvalue weighted by Gasteiger charge is 2.27. The van der Waals surface area contributed by atoms with Gasteiger partial charge in [0, 0.05) is 116 Å². The second-order valence-corrected chi connectivity index (χ2v) is 25.7. The van der Waals surface area contributed by atoms with Crippen LogP contribution in [0.25, 0.3) is 32.7 Å². The molecule has 0 fully saturated rings. The number of H-pyrrole nitrogens is 3. The smallest absolute Gasteiger partial charge is 0.446 e. The van der Waals surface area contributed by atoms with E-state index in [1.54, 1.807) is 78.9 Å². The Morgan fingerprint density at radius 1 is 0.466 bits per heavy atom. The normalized spacial score (nSPS) is 10.7. The molecule has 0 saturated carbocycles. The highest BCUT2D eigenvalue weighted by molar-refractivity contribution is 6.61. The number of para-hydroxylation sites is 3. The summed E-state index contributed by atoms with van der Waals surface area (Å²) in [5, 5.41) is 15.4. The first kappa shape index (κ1) is 90.7. The van der Waals surface area contributed by atoms with Gasteiger partial charge in [0.05, 0.1) is 19.6 Å². The number of halogens is 6. The number of rotatable bonds is 14. The van der Waals surface area contributed by atoms with Gasteiger partial charge in [0.2, 0.25) is 22.6 Å². The van der Waals surface area contributed by atoms with Gasteiger partial charge < -0.3 is 61.5 Å². The molecular formula is C75H91Cl3F3N9O13. The molecule has 0 spiro atoms. The Balaban J connectivity index is 0.000000698. The van der Waals surface area contributed by atoms with Crippen molar-refractivity contribution in [1.82, 2.24) is 25.6 Å². The van der Waals surface area contributed by atoms with Crippen molar-refractivity contribution in [3.8, 4) is 0 Å². The Morgan fingerprint density at radius 3 is 0.971 bits per heavy atom. The van der Waals surface area contributed by atoms with Gasteiger partial charge >= 0.3 is 23.8 Å². The average molecular weight is 1490 g/mol. The molecule has 5 amide bonds. The van der Waals surface area contributed by atoms with Crippen LogP contribution in [0, 0.1) is 0 Å². The number of carbonyl (C=O) groups excluding carboxylic acids is 7. The fourth-order valence-corrected chi connectivity index (χ4v) is 8.91. The molecule has 0 unspecified atom stereocenters. The molecule has 0 radical (unpaired) electrons. The maximum absolute atomic E-state index is 12.7. The van der Waals surface area contributed by atoms with E-state index in [9.17, 15) is 56.3 Å². The molecule has 556 valence electrons. The first-order chi connectivity index (χ1) is 46.9. The van der Waals surface area contributed by atoms with Crippen LogP contribution in [0.4, 0.5) is 44.6 Å². The van der Waals surface area contributed by atoms with E-state index in [1.165, 1.54) is 32.8 Å². The van der Waals surface area contributed by atoms with Gasteiger partial charge in [0.15, 0.2) is 0 Å². The zero-order chi connectivity index (χ0) is 74.8. The zero-order valence-corrected chi connectivity index (χ0v) is 58.9. The second kappa shape index (κ2) is 41.5. The maximum Gasteiger partial charge on any atom is 0.446 e. The number of alkyl halides is 5. The molecule has 6 aromatic carbocycles. The summed E-state index contributed by atoms with van der Waals surface area (Å²) in [6.07, 6.45) is -2.34. The molecule has 9 rings (SSSR count). The third-order valence-corrected chi connectivity index (χ3v) is 14.8. The van der Waals surface area contributed by atoms with E-state index in [-0.39, 0.29) is 76.8 Å². The minimum Gasteiger partial charge on any atom is -0.457 e. The van der Waals surface area contributed by atoms with Crippen molar-refractivity contribution in [2.24, 2.45) is 5.73 Å². The van der Waals surface area contributed by atoms with Gasteiger partial charge in [-0.25, -0.2) is 14.4 Å². The van der Waals surface area contributed by atoms with E-state index in [2.05, 4.69) is 76.5 Å². The van der Waals surface area contributed by atoms with Crippen LogP contribution in [0.1, 0.15) is 132 Å². The number of pyridine rings is 3. The van der Waals surface area contributed by atoms with Crippen LogP contribution in [-0.2, 0) is 35.3 Å². The lowest BCUT2D eigenvalue weighted by Gasteiger charge is -2.27. The van der Waals surface area contributed by atoms with Crippen molar-refractivity contribution in [2.45, 2.75) is 113 Å². The number of carbonyl (C=O) groups is 7. The van der Waals surface area contributed by atoms with E-state index in [4.69, 9.17) is 38.5 Å². The summed E-state index contributed by atoms with van der Waals surface area (Å²) in [5.41, 5.74) is 9.83. The fourth-order valence-electron chi connectivity index (χ4n) is 8.91. The van der Waals surface area contributed by atoms with Crippen LogP contribution in [0.2, 0.25) is 0 Å². The number of hydrogen-bond donors (Lipinski definition) is 9.